The molecule has 0 unspecified atom stereocenters. The van der Waals surface area contributed by atoms with Gasteiger partial charge in [0.1, 0.15) is 12.9 Å². The van der Waals surface area contributed by atoms with Crippen molar-refractivity contribution in [2.24, 2.45) is 0 Å². The molecule has 0 saturated carbocycles. The highest BCUT2D eigenvalue weighted by atomic mass is 16.5. The van der Waals surface area contributed by atoms with Gasteiger partial charge in [-0.25, -0.2) is 9.78 Å². The van der Waals surface area contributed by atoms with E-state index in [0.29, 0.717) is 24.5 Å². The van der Waals surface area contributed by atoms with Crippen LogP contribution in [0.4, 0.5) is 16.2 Å². The lowest BCUT2D eigenvalue weighted by Crippen LogP contribution is -2.45. The molecular formula is C25H23N5O6. The molecule has 11 nitrogen and oxygen atoms in total. The van der Waals surface area contributed by atoms with E-state index in [0.717, 1.165) is 4.90 Å². The molecular weight excluding hydrogens is 466 g/mol. The number of imide groups is 1. The van der Waals surface area contributed by atoms with Gasteiger partial charge in [0.05, 0.1) is 36.9 Å². The van der Waals surface area contributed by atoms with Crippen LogP contribution in [-0.4, -0.2) is 82.3 Å². The standard InChI is InChI=1S/C25H23N5O6/c31-19(14-30-23(33)20-3-1-2-4-21(20)24(30)34)13-29(25(35)27-10-9-26-16-27)18-7-5-17(6-8-18)28-11-12-36-15-22(28)32/h1-10,16,19,31H,11-15H2/t19-/m1/s1. The molecule has 0 aliphatic carbocycles. The number of aliphatic hydroxyl groups excluding tert-OH is 1. The minimum atomic E-state index is -1.22. The van der Waals surface area contributed by atoms with E-state index in [1.807, 2.05) is 0 Å². The number of hydrogen-bond donors (Lipinski definition) is 1. The maximum absolute atomic E-state index is 13.2. The second-order valence-corrected chi connectivity index (χ2v) is 8.40. The smallest absolute Gasteiger partial charge is 0.333 e. The Morgan fingerprint density at radius 1 is 1.06 bits per heavy atom. The number of benzene rings is 2. The highest BCUT2D eigenvalue weighted by Crippen LogP contribution is 2.25. The summed E-state index contributed by atoms with van der Waals surface area (Å²) in [5, 5.41) is 10.9. The molecule has 3 heterocycles. The molecule has 5 rings (SSSR count). The van der Waals surface area contributed by atoms with Crippen molar-refractivity contribution in [1.29, 1.82) is 0 Å². The van der Waals surface area contributed by atoms with E-state index in [1.54, 1.807) is 53.4 Å². The Morgan fingerprint density at radius 2 is 1.75 bits per heavy atom. The molecule has 4 amide bonds. The molecule has 2 aliphatic heterocycles. The maximum atomic E-state index is 13.2. The molecule has 0 spiro atoms. The lowest BCUT2D eigenvalue weighted by atomic mass is 10.1. The lowest BCUT2D eigenvalue weighted by molar-refractivity contribution is -0.125. The van der Waals surface area contributed by atoms with Crippen LogP contribution >= 0.6 is 0 Å². The number of anilines is 2. The topological polar surface area (TPSA) is 125 Å². The van der Waals surface area contributed by atoms with Crippen molar-refractivity contribution >= 4 is 35.1 Å². The number of carbonyl (C=O) groups excluding carboxylic acids is 4. The van der Waals surface area contributed by atoms with Gasteiger partial charge in [-0.1, -0.05) is 12.1 Å². The number of nitrogens with zero attached hydrogens (tertiary/aromatic N) is 5. The highest BCUT2D eigenvalue weighted by molar-refractivity contribution is 6.21. The Morgan fingerprint density at radius 3 is 2.36 bits per heavy atom. The lowest BCUT2D eigenvalue weighted by Gasteiger charge is -2.29. The van der Waals surface area contributed by atoms with Gasteiger partial charge in [0.25, 0.3) is 17.7 Å². The molecule has 3 aromatic rings. The van der Waals surface area contributed by atoms with E-state index in [9.17, 15) is 24.3 Å². The molecule has 184 valence electrons. The molecule has 0 bridgehead atoms. The number of imidazole rings is 1. The third kappa shape index (κ3) is 4.37. The summed E-state index contributed by atoms with van der Waals surface area (Å²) >= 11 is 0. The van der Waals surface area contributed by atoms with Crippen LogP contribution in [0.5, 0.6) is 0 Å². The summed E-state index contributed by atoms with van der Waals surface area (Å²) in [4.78, 5) is 58.6. The van der Waals surface area contributed by atoms with Gasteiger partial charge in [-0.15, -0.1) is 0 Å². The van der Waals surface area contributed by atoms with Crippen molar-refractivity contribution in [3.63, 3.8) is 0 Å². The SMILES string of the molecule is O=C1c2ccccc2C(=O)N1C[C@H](O)CN(C(=O)n1ccnc1)c1ccc(N2CCOCC2=O)cc1. The maximum Gasteiger partial charge on any atom is 0.333 e. The molecule has 11 heteroatoms. The Labute approximate surface area is 206 Å². The number of morpholine rings is 1. The van der Waals surface area contributed by atoms with Gasteiger partial charge >= 0.3 is 6.03 Å². The molecule has 2 aliphatic rings. The normalized spacial score (nSPS) is 16.3. The fourth-order valence-electron chi connectivity index (χ4n) is 4.29. The predicted molar refractivity (Wildman–Crippen MR) is 128 cm³/mol. The Balaban J connectivity index is 1.36. The first-order valence-corrected chi connectivity index (χ1v) is 11.4. The number of fused-ring (bicyclic) bond motifs is 1. The van der Waals surface area contributed by atoms with Crippen molar-refractivity contribution in [3.8, 4) is 0 Å². The van der Waals surface area contributed by atoms with E-state index in [1.165, 1.54) is 28.2 Å². The summed E-state index contributed by atoms with van der Waals surface area (Å²) in [5.41, 5.74) is 1.69. The van der Waals surface area contributed by atoms with Crippen LogP contribution in [0.3, 0.4) is 0 Å². The zero-order valence-corrected chi connectivity index (χ0v) is 19.2. The van der Waals surface area contributed by atoms with Crippen molar-refractivity contribution in [1.82, 2.24) is 14.5 Å². The van der Waals surface area contributed by atoms with Gasteiger partial charge in [0, 0.05) is 30.3 Å². The van der Waals surface area contributed by atoms with Crippen LogP contribution in [0.2, 0.25) is 0 Å². The molecule has 36 heavy (non-hydrogen) atoms. The Hall–Kier alpha value is -4.35. The first-order chi connectivity index (χ1) is 17.4. The van der Waals surface area contributed by atoms with Crippen LogP contribution < -0.4 is 9.80 Å². The van der Waals surface area contributed by atoms with Gasteiger partial charge in [-0.05, 0) is 36.4 Å². The Bertz CT molecular complexity index is 1270. The van der Waals surface area contributed by atoms with E-state index in [-0.39, 0.29) is 36.7 Å². The van der Waals surface area contributed by atoms with Gasteiger partial charge in [-0.2, -0.15) is 0 Å². The summed E-state index contributed by atoms with van der Waals surface area (Å²) in [6.07, 6.45) is 3.05. The van der Waals surface area contributed by atoms with Crippen LogP contribution in [0.15, 0.2) is 67.3 Å². The molecule has 1 aromatic heterocycles. The van der Waals surface area contributed by atoms with Crippen LogP contribution in [-0.2, 0) is 9.53 Å². The minimum Gasteiger partial charge on any atom is -0.389 e. The summed E-state index contributed by atoms with van der Waals surface area (Å²) in [6, 6.07) is 12.8. The molecule has 1 fully saturated rings. The largest absolute Gasteiger partial charge is 0.389 e. The van der Waals surface area contributed by atoms with E-state index in [4.69, 9.17) is 4.74 Å². The third-order valence-electron chi connectivity index (χ3n) is 6.08. The first kappa shape index (κ1) is 23.4. The molecule has 1 atom stereocenters. The molecule has 1 saturated heterocycles. The number of hydrogen-bond acceptors (Lipinski definition) is 7. The summed E-state index contributed by atoms with van der Waals surface area (Å²) < 4.78 is 6.43. The highest BCUT2D eigenvalue weighted by Gasteiger charge is 2.36. The van der Waals surface area contributed by atoms with E-state index < -0.39 is 23.9 Å². The average molecular weight is 489 g/mol. The fourth-order valence-corrected chi connectivity index (χ4v) is 4.29. The second-order valence-electron chi connectivity index (χ2n) is 8.40. The number of aliphatic hydroxyl groups is 1. The molecule has 0 radical (unpaired) electrons. The first-order valence-electron chi connectivity index (χ1n) is 11.4. The molecule has 2 aromatic carbocycles. The number of aromatic nitrogens is 2. The number of β-amino-alcohol motifs (C(OH)–C–C–N with tert-alkyl or cyclic N) is 1. The predicted octanol–water partition coefficient (Wildman–Crippen LogP) is 1.38. The van der Waals surface area contributed by atoms with Crippen LogP contribution in [0.1, 0.15) is 20.7 Å². The van der Waals surface area contributed by atoms with Crippen LogP contribution in [0.25, 0.3) is 0 Å². The minimum absolute atomic E-state index is 0.0109. The van der Waals surface area contributed by atoms with E-state index in [2.05, 4.69) is 4.98 Å². The number of amides is 4. The third-order valence-corrected chi connectivity index (χ3v) is 6.08. The number of rotatable bonds is 6. The zero-order valence-electron chi connectivity index (χ0n) is 19.2. The van der Waals surface area contributed by atoms with E-state index >= 15 is 0 Å². The Kier molecular flexibility index (Phi) is 6.32. The quantitative estimate of drug-likeness (QED) is 0.519. The summed E-state index contributed by atoms with van der Waals surface area (Å²) in [5.74, 6) is -1.12. The van der Waals surface area contributed by atoms with Gasteiger partial charge in [0.15, 0.2) is 0 Å². The van der Waals surface area contributed by atoms with Crippen molar-refractivity contribution in [2.45, 2.75) is 6.10 Å². The summed E-state index contributed by atoms with van der Waals surface area (Å²) in [6.45, 7) is 0.398. The molecule has 1 N–H and O–H groups in total. The second kappa shape index (κ2) is 9.72. The average Bonchev–Trinajstić information content (AvgIpc) is 3.52. The van der Waals surface area contributed by atoms with Gasteiger partial charge in [0.2, 0.25) is 0 Å². The monoisotopic (exact) mass is 489 g/mol. The fraction of sp³-hybridized carbons (Fsp3) is 0.240. The van der Waals surface area contributed by atoms with Crippen molar-refractivity contribution in [3.05, 3.63) is 78.4 Å². The van der Waals surface area contributed by atoms with Crippen molar-refractivity contribution < 1.29 is 29.0 Å². The summed E-state index contributed by atoms with van der Waals surface area (Å²) in [7, 11) is 0. The van der Waals surface area contributed by atoms with Crippen LogP contribution in [0, 0.1) is 0 Å². The van der Waals surface area contributed by atoms with Gasteiger partial charge < -0.3 is 14.7 Å². The number of ether oxygens (including phenoxy) is 1. The van der Waals surface area contributed by atoms with Gasteiger partial charge in [-0.3, -0.25) is 28.8 Å². The zero-order chi connectivity index (χ0) is 25.2. The van der Waals surface area contributed by atoms with Crippen molar-refractivity contribution in [2.75, 3.05) is 42.6 Å². The number of carbonyl (C=O) groups is 4.